The molecule has 1 fully saturated rings. The molecular weight excluding hydrogens is 257 g/mol. The van der Waals surface area contributed by atoms with E-state index in [2.05, 4.69) is 5.32 Å². The van der Waals surface area contributed by atoms with E-state index in [1.165, 1.54) is 12.1 Å². The molecule has 0 aliphatic carbocycles. The van der Waals surface area contributed by atoms with E-state index in [0.717, 1.165) is 6.07 Å². The Morgan fingerprint density at radius 1 is 1.37 bits per heavy atom. The van der Waals surface area contributed by atoms with Crippen molar-refractivity contribution in [2.45, 2.75) is 31.7 Å². The van der Waals surface area contributed by atoms with Crippen molar-refractivity contribution >= 4 is 5.69 Å². The second-order valence-corrected chi connectivity index (χ2v) is 5.46. The number of benzene rings is 1. The molecule has 3 rings (SSSR count). The number of halogens is 3. The number of nitrogens with zero attached hydrogens (tertiary/aromatic N) is 1. The maximum absolute atomic E-state index is 12.8. The molecule has 0 spiro atoms. The zero-order valence-corrected chi connectivity index (χ0v) is 10.7. The van der Waals surface area contributed by atoms with Gasteiger partial charge >= 0.3 is 6.18 Å². The predicted octanol–water partition coefficient (Wildman–Crippen LogP) is 2.61. The Hall–Kier alpha value is -1.43. The second kappa shape index (κ2) is 3.79. The van der Waals surface area contributed by atoms with Gasteiger partial charge < -0.3 is 9.64 Å². The summed E-state index contributed by atoms with van der Waals surface area (Å²) in [5.74, 6) is 0.515. The summed E-state index contributed by atoms with van der Waals surface area (Å²) >= 11 is 0. The molecule has 0 bridgehead atoms. The molecule has 6 heteroatoms. The average molecular weight is 272 g/mol. The summed E-state index contributed by atoms with van der Waals surface area (Å²) in [7, 11) is 0. The van der Waals surface area contributed by atoms with E-state index in [0.29, 0.717) is 24.6 Å². The van der Waals surface area contributed by atoms with Gasteiger partial charge in [-0.2, -0.15) is 13.2 Å². The van der Waals surface area contributed by atoms with Crippen LogP contribution in [0.3, 0.4) is 0 Å². The number of hydrogen-bond acceptors (Lipinski definition) is 3. The molecule has 0 saturated carbocycles. The van der Waals surface area contributed by atoms with Gasteiger partial charge in [-0.05, 0) is 32.0 Å². The molecule has 1 atom stereocenters. The fraction of sp³-hybridized carbons (Fsp3) is 0.538. The van der Waals surface area contributed by atoms with Crippen LogP contribution in [0.1, 0.15) is 19.4 Å². The first kappa shape index (κ1) is 12.6. The van der Waals surface area contributed by atoms with Crippen LogP contribution in [0.25, 0.3) is 0 Å². The van der Waals surface area contributed by atoms with E-state index in [9.17, 15) is 13.2 Å². The van der Waals surface area contributed by atoms with Crippen molar-refractivity contribution in [2.75, 3.05) is 18.1 Å². The number of fused-ring (bicyclic) bond motifs is 3. The molecule has 1 unspecified atom stereocenters. The van der Waals surface area contributed by atoms with Crippen molar-refractivity contribution < 1.29 is 17.9 Å². The molecular formula is C13H15F3N2O. The standard InChI is InChI=1S/C13H15F3N2O/c1-12(2)17-6-9-7-19-11-4-3-8(13(14,15)16)5-10(11)18(9)12/h3-5,9,17H,6-7H2,1-2H3. The van der Waals surface area contributed by atoms with Gasteiger partial charge in [0.25, 0.3) is 0 Å². The van der Waals surface area contributed by atoms with Crippen molar-refractivity contribution in [3.8, 4) is 5.75 Å². The number of alkyl halides is 3. The maximum Gasteiger partial charge on any atom is 0.416 e. The topological polar surface area (TPSA) is 24.5 Å². The quantitative estimate of drug-likeness (QED) is 0.785. The molecule has 104 valence electrons. The fourth-order valence-electron chi connectivity index (χ4n) is 2.82. The molecule has 1 aromatic carbocycles. The lowest BCUT2D eigenvalue weighted by molar-refractivity contribution is -0.137. The van der Waals surface area contributed by atoms with Crippen LogP contribution in [0, 0.1) is 0 Å². The molecule has 0 aromatic heterocycles. The fourth-order valence-corrected chi connectivity index (χ4v) is 2.82. The van der Waals surface area contributed by atoms with E-state index in [4.69, 9.17) is 4.74 Å². The third-order valence-electron chi connectivity index (χ3n) is 3.71. The lowest BCUT2D eigenvalue weighted by atomic mass is 10.1. The molecule has 0 amide bonds. The van der Waals surface area contributed by atoms with Gasteiger partial charge in [0.15, 0.2) is 0 Å². The van der Waals surface area contributed by atoms with Gasteiger partial charge in [-0.3, -0.25) is 5.32 Å². The lowest BCUT2D eigenvalue weighted by Gasteiger charge is -2.41. The summed E-state index contributed by atoms with van der Waals surface area (Å²) in [5.41, 5.74) is -0.493. The minimum Gasteiger partial charge on any atom is -0.489 e. The van der Waals surface area contributed by atoms with Crippen LogP contribution in [0.2, 0.25) is 0 Å². The van der Waals surface area contributed by atoms with Gasteiger partial charge in [-0.15, -0.1) is 0 Å². The summed E-state index contributed by atoms with van der Waals surface area (Å²) < 4.78 is 44.0. The van der Waals surface area contributed by atoms with E-state index >= 15 is 0 Å². The number of ether oxygens (including phenoxy) is 1. The maximum atomic E-state index is 12.8. The molecule has 1 aromatic rings. The van der Waals surface area contributed by atoms with Crippen LogP contribution >= 0.6 is 0 Å². The summed E-state index contributed by atoms with van der Waals surface area (Å²) in [5, 5.41) is 3.30. The number of anilines is 1. The molecule has 1 N–H and O–H groups in total. The molecule has 3 nitrogen and oxygen atoms in total. The molecule has 2 heterocycles. The van der Waals surface area contributed by atoms with Gasteiger partial charge in [0, 0.05) is 6.54 Å². The van der Waals surface area contributed by atoms with Crippen LogP contribution in [-0.4, -0.2) is 24.9 Å². The first-order valence-corrected chi connectivity index (χ1v) is 6.17. The molecule has 0 radical (unpaired) electrons. The third kappa shape index (κ3) is 1.94. The van der Waals surface area contributed by atoms with Crippen molar-refractivity contribution in [3.63, 3.8) is 0 Å². The highest BCUT2D eigenvalue weighted by molar-refractivity contribution is 5.64. The van der Waals surface area contributed by atoms with Gasteiger partial charge in [-0.25, -0.2) is 0 Å². The van der Waals surface area contributed by atoms with Gasteiger partial charge in [0.1, 0.15) is 12.4 Å². The monoisotopic (exact) mass is 272 g/mol. The summed E-state index contributed by atoms with van der Waals surface area (Å²) in [6.07, 6.45) is -4.33. The Labute approximate surface area is 109 Å². The van der Waals surface area contributed by atoms with Crippen molar-refractivity contribution in [1.29, 1.82) is 0 Å². The van der Waals surface area contributed by atoms with Crippen molar-refractivity contribution in [1.82, 2.24) is 5.32 Å². The largest absolute Gasteiger partial charge is 0.489 e. The van der Waals surface area contributed by atoms with E-state index in [-0.39, 0.29) is 11.7 Å². The first-order valence-electron chi connectivity index (χ1n) is 6.17. The van der Waals surface area contributed by atoms with E-state index < -0.39 is 11.7 Å². The summed E-state index contributed by atoms with van der Waals surface area (Å²) in [6, 6.07) is 3.72. The van der Waals surface area contributed by atoms with Crippen LogP contribution in [0.4, 0.5) is 18.9 Å². The highest BCUT2D eigenvalue weighted by atomic mass is 19.4. The second-order valence-electron chi connectivity index (χ2n) is 5.46. The van der Waals surface area contributed by atoms with Gasteiger partial charge in [-0.1, -0.05) is 0 Å². The molecule has 19 heavy (non-hydrogen) atoms. The van der Waals surface area contributed by atoms with Crippen LogP contribution in [0.5, 0.6) is 5.75 Å². The summed E-state index contributed by atoms with van der Waals surface area (Å²) in [6.45, 7) is 5.13. The highest BCUT2D eigenvalue weighted by Crippen LogP contribution is 2.43. The van der Waals surface area contributed by atoms with E-state index in [1.54, 1.807) is 0 Å². The van der Waals surface area contributed by atoms with Crippen LogP contribution < -0.4 is 15.0 Å². The lowest BCUT2D eigenvalue weighted by Crippen LogP contribution is -2.51. The zero-order valence-electron chi connectivity index (χ0n) is 10.7. The SMILES string of the molecule is CC1(C)NCC2COc3ccc(C(F)(F)F)cc3N21. The van der Waals surface area contributed by atoms with E-state index in [1.807, 2.05) is 18.7 Å². The first-order chi connectivity index (χ1) is 8.79. The predicted molar refractivity (Wildman–Crippen MR) is 65.3 cm³/mol. The van der Waals surface area contributed by atoms with Crippen LogP contribution in [-0.2, 0) is 6.18 Å². The van der Waals surface area contributed by atoms with Gasteiger partial charge in [0.05, 0.1) is 23.0 Å². The normalized spacial score (nSPS) is 24.7. The zero-order chi connectivity index (χ0) is 13.8. The Morgan fingerprint density at radius 2 is 2.11 bits per heavy atom. The van der Waals surface area contributed by atoms with Crippen LogP contribution in [0.15, 0.2) is 18.2 Å². The number of hydrogen-bond donors (Lipinski definition) is 1. The third-order valence-corrected chi connectivity index (χ3v) is 3.71. The summed E-state index contributed by atoms with van der Waals surface area (Å²) in [4.78, 5) is 1.99. The molecule has 2 aliphatic heterocycles. The Bertz CT molecular complexity index is 513. The van der Waals surface area contributed by atoms with Crippen molar-refractivity contribution in [2.24, 2.45) is 0 Å². The average Bonchev–Trinajstić information content (AvgIpc) is 2.64. The number of rotatable bonds is 0. The Kier molecular flexibility index (Phi) is 2.51. The molecule has 1 saturated heterocycles. The Morgan fingerprint density at radius 3 is 2.79 bits per heavy atom. The van der Waals surface area contributed by atoms with Crippen molar-refractivity contribution in [3.05, 3.63) is 23.8 Å². The highest BCUT2D eigenvalue weighted by Gasteiger charge is 2.44. The van der Waals surface area contributed by atoms with Gasteiger partial charge in [0.2, 0.25) is 0 Å². The molecule has 2 aliphatic rings. The minimum absolute atomic E-state index is 0.0750. The smallest absolute Gasteiger partial charge is 0.416 e. The number of nitrogens with one attached hydrogen (secondary N) is 1. The minimum atomic E-state index is -4.33. The Balaban J connectivity index is 2.09.